The van der Waals surface area contributed by atoms with E-state index in [0.29, 0.717) is 11.2 Å². The predicted octanol–water partition coefficient (Wildman–Crippen LogP) is 5.63. The molecule has 0 radical (unpaired) electrons. The van der Waals surface area contributed by atoms with E-state index in [0.717, 1.165) is 0 Å². The monoisotopic (exact) mass is 288 g/mol. The van der Waals surface area contributed by atoms with E-state index in [1.807, 2.05) is 11.8 Å². The second-order valence-corrected chi connectivity index (χ2v) is 6.52. The van der Waals surface area contributed by atoms with Crippen molar-refractivity contribution in [3.63, 3.8) is 0 Å². The summed E-state index contributed by atoms with van der Waals surface area (Å²) in [6.07, 6.45) is 8.96. The van der Waals surface area contributed by atoms with E-state index >= 15 is 0 Å². The minimum atomic E-state index is 0.484. The van der Waals surface area contributed by atoms with Gasteiger partial charge in [0, 0.05) is 16.1 Å². The number of hydrogen-bond acceptors (Lipinski definition) is 1. The van der Waals surface area contributed by atoms with Crippen LogP contribution >= 0.6 is 11.8 Å². The van der Waals surface area contributed by atoms with Gasteiger partial charge in [-0.25, -0.2) is 0 Å². The average Bonchev–Trinajstić information content (AvgIpc) is 2.96. The van der Waals surface area contributed by atoms with Gasteiger partial charge in [0.25, 0.3) is 0 Å². The summed E-state index contributed by atoms with van der Waals surface area (Å²) in [6.45, 7) is 0. The van der Waals surface area contributed by atoms with Crippen molar-refractivity contribution in [3.8, 4) is 0 Å². The van der Waals surface area contributed by atoms with Crippen LogP contribution < -0.4 is 0 Å². The maximum atomic E-state index is 2.34. The van der Waals surface area contributed by atoms with Gasteiger partial charge in [-0.2, -0.15) is 0 Å². The third kappa shape index (κ3) is 2.28. The van der Waals surface area contributed by atoms with Crippen molar-refractivity contribution in [2.45, 2.75) is 5.25 Å². The van der Waals surface area contributed by atoms with E-state index in [2.05, 4.69) is 85.0 Å². The van der Waals surface area contributed by atoms with Gasteiger partial charge in [0.2, 0.25) is 0 Å². The Hall–Kier alpha value is -1.99. The van der Waals surface area contributed by atoms with Crippen molar-refractivity contribution in [3.05, 3.63) is 102 Å². The third-order valence-corrected chi connectivity index (χ3v) is 5.59. The van der Waals surface area contributed by atoms with Crippen LogP contribution in [-0.2, 0) is 0 Å². The summed E-state index contributed by atoms with van der Waals surface area (Å²) in [7, 11) is 0. The van der Waals surface area contributed by atoms with E-state index in [9.17, 15) is 0 Å². The number of rotatable bonds is 2. The zero-order valence-electron chi connectivity index (χ0n) is 11.6. The van der Waals surface area contributed by atoms with Gasteiger partial charge >= 0.3 is 0 Å². The fraction of sp³-hybridized carbons (Fsp3) is 0.100. The van der Waals surface area contributed by atoms with Crippen molar-refractivity contribution < 1.29 is 0 Å². The highest BCUT2D eigenvalue weighted by Crippen LogP contribution is 2.56. The number of hydrogen-bond donors (Lipinski definition) is 0. The molecule has 0 N–H and O–H groups in total. The Morgan fingerprint density at radius 1 is 0.762 bits per heavy atom. The zero-order valence-corrected chi connectivity index (χ0v) is 12.5. The molecule has 0 nitrogen and oxygen atoms in total. The molecule has 1 heterocycles. The Morgan fingerprint density at radius 3 is 2.24 bits per heavy atom. The van der Waals surface area contributed by atoms with E-state index in [4.69, 9.17) is 0 Å². The van der Waals surface area contributed by atoms with Gasteiger partial charge in [0.05, 0.1) is 0 Å². The van der Waals surface area contributed by atoms with Gasteiger partial charge in [0.1, 0.15) is 0 Å². The van der Waals surface area contributed by atoms with E-state index in [1.165, 1.54) is 21.6 Å². The molecular weight excluding hydrogens is 272 g/mol. The van der Waals surface area contributed by atoms with Gasteiger partial charge in [-0.15, -0.1) is 11.8 Å². The van der Waals surface area contributed by atoms with Crippen molar-refractivity contribution in [1.82, 2.24) is 0 Å². The molecule has 1 aliphatic heterocycles. The van der Waals surface area contributed by atoms with Crippen LogP contribution in [0.3, 0.4) is 0 Å². The number of thioether (sulfide) groups is 1. The van der Waals surface area contributed by atoms with Crippen LogP contribution in [0.4, 0.5) is 0 Å². The normalized spacial score (nSPS) is 23.4. The van der Waals surface area contributed by atoms with Gasteiger partial charge in [-0.05, 0) is 16.7 Å². The Balaban J connectivity index is 1.78. The molecule has 0 fully saturated rings. The van der Waals surface area contributed by atoms with Crippen molar-refractivity contribution in [1.29, 1.82) is 0 Å². The molecule has 2 aromatic rings. The fourth-order valence-electron chi connectivity index (χ4n) is 3.06. The third-order valence-electron chi connectivity index (χ3n) is 4.06. The van der Waals surface area contributed by atoms with Crippen LogP contribution in [-0.4, -0.2) is 0 Å². The van der Waals surface area contributed by atoms with Crippen LogP contribution in [0.25, 0.3) is 4.91 Å². The number of fused-ring (bicyclic) bond motifs is 1. The summed E-state index contributed by atoms with van der Waals surface area (Å²) < 4.78 is 0. The SMILES string of the molecule is C1=CC2=C(c3ccccc3)SC(c3ccccc3)C2C=C1. The molecule has 2 aliphatic rings. The maximum absolute atomic E-state index is 2.34. The van der Waals surface area contributed by atoms with Gasteiger partial charge in [0.15, 0.2) is 0 Å². The van der Waals surface area contributed by atoms with Crippen LogP contribution in [0.5, 0.6) is 0 Å². The number of allylic oxidation sites excluding steroid dienone is 5. The van der Waals surface area contributed by atoms with Gasteiger partial charge in [-0.3, -0.25) is 0 Å². The van der Waals surface area contributed by atoms with Gasteiger partial charge < -0.3 is 0 Å². The highest BCUT2D eigenvalue weighted by molar-refractivity contribution is 8.08. The smallest absolute Gasteiger partial charge is 0.0448 e. The quantitative estimate of drug-likeness (QED) is 0.690. The van der Waals surface area contributed by atoms with Crippen LogP contribution in [0.15, 0.2) is 90.5 Å². The van der Waals surface area contributed by atoms with Crippen molar-refractivity contribution in [2.75, 3.05) is 0 Å². The molecule has 4 rings (SSSR count). The molecular formula is C20H16S. The molecule has 1 aliphatic carbocycles. The lowest BCUT2D eigenvalue weighted by Crippen LogP contribution is -2.06. The molecule has 2 aromatic carbocycles. The Bertz CT molecular complexity index is 723. The fourth-order valence-corrected chi connectivity index (χ4v) is 4.60. The standard InChI is InChI=1S/C20H16S/c1-3-9-15(10-4-1)19-17-13-7-8-14-18(17)20(21-19)16-11-5-2-6-12-16/h1-14,17,19H. The molecule has 0 saturated heterocycles. The first-order valence-electron chi connectivity index (χ1n) is 7.29. The zero-order chi connectivity index (χ0) is 14.1. The lowest BCUT2D eigenvalue weighted by atomic mass is 9.87. The molecule has 1 heteroatoms. The van der Waals surface area contributed by atoms with Crippen molar-refractivity contribution in [2.24, 2.45) is 5.92 Å². The second kappa shape index (κ2) is 5.42. The summed E-state index contributed by atoms with van der Waals surface area (Å²) in [5.41, 5.74) is 4.21. The Labute approximate surface area is 129 Å². The lowest BCUT2D eigenvalue weighted by molar-refractivity contribution is 0.765. The second-order valence-electron chi connectivity index (χ2n) is 5.37. The summed E-state index contributed by atoms with van der Waals surface area (Å²) >= 11 is 2.00. The van der Waals surface area contributed by atoms with E-state index in [-0.39, 0.29) is 0 Å². The lowest BCUT2D eigenvalue weighted by Gasteiger charge is -2.19. The van der Waals surface area contributed by atoms with Crippen LogP contribution in [0, 0.1) is 5.92 Å². The highest BCUT2D eigenvalue weighted by Gasteiger charge is 2.34. The topological polar surface area (TPSA) is 0 Å². The summed E-state index contributed by atoms with van der Waals surface area (Å²) in [5.74, 6) is 0.484. The minimum Gasteiger partial charge on any atom is -0.116 e. The van der Waals surface area contributed by atoms with E-state index < -0.39 is 0 Å². The Kier molecular flexibility index (Phi) is 3.28. The van der Waals surface area contributed by atoms with Crippen molar-refractivity contribution >= 4 is 16.7 Å². The molecule has 0 saturated carbocycles. The summed E-state index contributed by atoms with van der Waals surface area (Å²) in [6, 6.07) is 21.6. The highest BCUT2D eigenvalue weighted by atomic mass is 32.2. The molecule has 0 amide bonds. The van der Waals surface area contributed by atoms with Gasteiger partial charge in [-0.1, -0.05) is 85.0 Å². The molecule has 0 aromatic heterocycles. The summed E-state index contributed by atoms with van der Waals surface area (Å²) in [5, 5.41) is 0.484. The van der Waals surface area contributed by atoms with E-state index in [1.54, 1.807) is 0 Å². The molecule has 102 valence electrons. The van der Waals surface area contributed by atoms with Crippen LogP contribution in [0.2, 0.25) is 0 Å². The first-order valence-corrected chi connectivity index (χ1v) is 8.17. The molecule has 2 unspecified atom stereocenters. The maximum Gasteiger partial charge on any atom is 0.0448 e. The first-order chi connectivity index (χ1) is 10.4. The predicted molar refractivity (Wildman–Crippen MR) is 91.9 cm³/mol. The minimum absolute atomic E-state index is 0.484. The summed E-state index contributed by atoms with van der Waals surface area (Å²) in [4.78, 5) is 1.43. The molecule has 2 atom stereocenters. The Morgan fingerprint density at radius 2 is 1.48 bits per heavy atom. The average molecular weight is 288 g/mol. The molecule has 21 heavy (non-hydrogen) atoms. The first kappa shape index (κ1) is 12.7. The largest absolute Gasteiger partial charge is 0.116 e. The molecule has 0 bridgehead atoms. The van der Waals surface area contributed by atoms with Crippen LogP contribution in [0.1, 0.15) is 16.4 Å². The molecule has 0 spiro atoms. The number of benzene rings is 2.